The third-order valence-corrected chi connectivity index (χ3v) is 6.63. The Hall–Kier alpha value is -3.03. The summed E-state index contributed by atoms with van der Waals surface area (Å²) < 4.78 is 21.0. The van der Waals surface area contributed by atoms with Crippen molar-refractivity contribution >= 4 is 16.5 Å². The Kier molecular flexibility index (Phi) is 6.01. The van der Waals surface area contributed by atoms with Gasteiger partial charge < -0.3 is 9.30 Å². The minimum Gasteiger partial charge on any atom is -0.497 e. The molecule has 0 radical (unpaired) electrons. The van der Waals surface area contributed by atoms with Gasteiger partial charge in [-0.25, -0.2) is 0 Å². The second-order valence-corrected chi connectivity index (χ2v) is 8.87. The van der Waals surface area contributed by atoms with Gasteiger partial charge in [-0.15, -0.1) is 0 Å². The van der Waals surface area contributed by atoms with Crippen molar-refractivity contribution in [2.75, 3.05) is 32.9 Å². The van der Waals surface area contributed by atoms with Crippen LogP contribution in [0.25, 0.3) is 16.5 Å². The highest BCUT2D eigenvalue weighted by atomic mass is 19.1. The van der Waals surface area contributed by atoms with Crippen LogP contribution in [-0.4, -0.2) is 42.4 Å². The molecular formula is C28H29FN2O. The largest absolute Gasteiger partial charge is 0.497 e. The van der Waals surface area contributed by atoms with Crippen LogP contribution < -0.4 is 0 Å². The van der Waals surface area contributed by atoms with Crippen LogP contribution in [0.3, 0.4) is 0 Å². The van der Waals surface area contributed by atoms with Crippen molar-refractivity contribution in [2.45, 2.75) is 26.3 Å². The SMILES string of the molecule is Cc1c(C2=C=C=CC=C2)n(CC2=CC=C(OCCN3CC(CF)C3)CC2)c2ccccc12. The molecule has 0 atom stereocenters. The van der Waals surface area contributed by atoms with Crippen LogP contribution in [0, 0.1) is 12.8 Å². The number of hydrogen-bond donors (Lipinski definition) is 0. The van der Waals surface area contributed by atoms with Gasteiger partial charge in [-0.3, -0.25) is 9.29 Å². The molecule has 0 amide bonds. The second kappa shape index (κ2) is 9.22. The topological polar surface area (TPSA) is 17.4 Å². The molecule has 0 spiro atoms. The normalized spacial score (nSPS) is 18.5. The molecule has 3 nitrogen and oxygen atoms in total. The maximum atomic E-state index is 12.5. The Morgan fingerprint density at radius 3 is 2.78 bits per heavy atom. The summed E-state index contributed by atoms with van der Waals surface area (Å²) in [6, 6.07) is 8.62. The van der Waals surface area contributed by atoms with Gasteiger partial charge in [0.1, 0.15) is 6.61 Å². The molecule has 3 aliphatic rings. The first-order valence-electron chi connectivity index (χ1n) is 11.5. The van der Waals surface area contributed by atoms with Crippen molar-refractivity contribution in [3.63, 3.8) is 0 Å². The molecule has 2 aliphatic carbocycles. The maximum absolute atomic E-state index is 12.5. The molecule has 0 unspecified atom stereocenters. The van der Waals surface area contributed by atoms with Gasteiger partial charge >= 0.3 is 0 Å². The number of hydrogen-bond acceptors (Lipinski definition) is 2. The molecule has 5 rings (SSSR count). The number of nitrogens with zero attached hydrogens (tertiary/aromatic N) is 2. The van der Waals surface area contributed by atoms with Gasteiger partial charge in [0, 0.05) is 55.0 Å². The van der Waals surface area contributed by atoms with Crippen LogP contribution in [0.1, 0.15) is 24.1 Å². The van der Waals surface area contributed by atoms with Crippen molar-refractivity contribution in [3.8, 4) is 0 Å². The van der Waals surface area contributed by atoms with Crippen molar-refractivity contribution < 1.29 is 9.13 Å². The fourth-order valence-electron chi connectivity index (χ4n) is 4.86. The van der Waals surface area contributed by atoms with E-state index in [4.69, 9.17) is 4.74 Å². The van der Waals surface area contributed by atoms with E-state index in [1.807, 2.05) is 12.2 Å². The highest BCUT2D eigenvalue weighted by Crippen LogP contribution is 2.33. The molecule has 0 N–H and O–H groups in total. The molecule has 4 heteroatoms. The average Bonchev–Trinajstić information content (AvgIpc) is 3.08. The lowest BCUT2D eigenvalue weighted by molar-refractivity contribution is 0.0538. The fraction of sp³-hybridized carbons (Fsp3) is 0.357. The molecule has 32 heavy (non-hydrogen) atoms. The highest BCUT2D eigenvalue weighted by Gasteiger charge is 2.26. The summed E-state index contributed by atoms with van der Waals surface area (Å²) in [6.45, 7) is 6.15. The van der Waals surface area contributed by atoms with E-state index in [2.05, 4.69) is 70.3 Å². The molecule has 2 heterocycles. The minimum atomic E-state index is -0.200. The van der Waals surface area contributed by atoms with Crippen LogP contribution in [0.5, 0.6) is 0 Å². The first-order valence-corrected chi connectivity index (χ1v) is 11.5. The maximum Gasteiger partial charge on any atom is 0.100 e. The number of rotatable bonds is 8. The average molecular weight is 429 g/mol. The van der Waals surface area contributed by atoms with Crippen molar-refractivity contribution in [3.05, 3.63) is 88.7 Å². The van der Waals surface area contributed by atoms with E-state index in [0.717, 1.165) is 50.4 Å². The molecule has 164 valence electrons. The van der Waals surface area contributed by atoms with Gasteiger partial charge in [0.15, 0.2) is 0 Å². The second-order valence-electron chi connectivity index (χ2n) is 8.87. The summed E-state index contributed by atoms with van der Waals surface area (Å²) in [7, 11) is 0. The zero-order valence-corrected chi connectivity index (χ0v) is 18.6. The third-order valence-electron chi connectivity index (χ3n) is 6.63. The van der Waals surface area contributed by atoms with Gasteiger partial charge in [-0.2, -0.15) is 0 Å². The van der Waals surface area contributed by atoms with Gasteiger partial charge in [0.2, 0.25) is 0 Å². The van der Waals surface area contributed by atoms with Crippen LogP contribution in [0.4, 0.5) is 4.39 Å². The van der Waals surface area contributed by atoms with Crippen LogP contribution >= 0.6 is 0 Å². The van der Waals surface area contributed by atoms with E-state index in [-0.39, 0.29) is 12.6 Å². The zero-order valence-electron chi connectivity index (χ0n) is 18.6. The van der Waals surface area contributed by atoms with E-state index >= 15 is 0 Å². The molecule has 1 saturated heterocycles. The molecule has 2 aromatic rings. The lowest BCUT2D eigenvalue weighted by Gasteiger charge is -2.37. The summed E-state index contributed by atoms with van der Waals surface area (Å²) in [6.07, 6.45) is 12.3. The van der Waals surface area contributed by atoms with E-state index in [0.29, 0.717) is 6.61 Å². The highest BCUT2D eigenvalue weighted by molar-refractivity contribution is 5.92. The summed E-state index contributed by atoms with van der Waals surface area (Å²) in [5.41, 5.74) is 12.6. The van der Waals surface area contributed by atoms with Gasteiger partial charge in [0.05, 0.1) is 18.1 Å². The monoisotopic (exact) mass is 428 g/mol. The summed E-state index contributed by atoms with van der Waals surface area (Å²) in [5, 5.41) is 1.29. The summed E-state index contributed by atoms with van der Waals surface area (Å²) in [4.78, 5) is 2.26. The number of benzene rings is 1. The zero-order chi connectivity index (χ0) is 21.9. The van der Waals surface area contributed by atoms with Crippen molar-refractivity contribution in [2.24, 2.45) is 5.92 Å². The lowest BCUT2D eigenvalue weighted by Crippen LogP contribution is -2.48. The predicted molar refractivity (Wildman–Crippen MR) is 128 cm³/mol. The van der Waals surface area contributed by atoms with Gasteiger partial charge in [-0.05, 0) is 48.8 Å². The number of aromatic nitrogens is 1. The lowest BCUT2D eigenvalue weighted by atomic mass is 10.0. The van der Waals surface area contributed by atoms with E-state index in [9.17, 15) is 4.39 Å². The Balaban J connectivity index is 1.31. The Bertz CT molecular complexity index is 1210. The van der Waals surface area contributed by atoms with E-state index in [1.54, 1.807) is 0 Å². The summed E-state index contributed by atoms with van der Waals surface area (Å²) >= 11 is 0. The van der Waals surface area contributed by atoms with Crippen LogP contribution in [0.2, 0.25) is 0 Å². The fourth-order valence-corrected chi connectivity index (χ4v) is 4.86. The van der Waals surface area contributed by atoms with Crippen molar-refractivity contribution in [1.29, 1.82) is 0 Å². The minimum absolute atomic E-state index is 0.200. The number of fused-ring (bicyclic) bond motifs is 1. The number of ether oxygens (including phenoxy) is 1. The standard InChI is InChI=1S/C28H29FN2O/c1-21-26-9-5-6-10-27(26)31(28(21)24-7-3-2-4-8-24)20-22-11-13-25(14-12-22)32-16-15-30-18-23(17-29)19-30/h2-3,5-7,9-11,13,23H,12,14-20H2,1H3. The number of allylic oxidation sites excluding steroid dienone is 8. The Morgan fingerprint density at radius 1 is 1.16 bits per heavy atom. The van der Waals surface area contributed by atoms with E-state index < -0.39 is 0 Å². The van der Waals surface area contributed by atoms with Crippen LogP contribution in [0.15, 0.2) is 77.4 Å². The van der Waals surface area contributed by atoms with Gasteiger partial charge in [-0.1, -0.05) is 41.8 Å². The predicted octanol–water partition coefficient (Wildman–Crippen LogP) is 5.74. The molecule has 1 aromatic carbocycles. The molecule has 0 saturated carbocycles. The smallest absolute Gasteiger partial charge is 0.100 e. The number of aryl methyl sites for hydroxylation is 1. The third kappa shape index (κ3) is 4.18. The molecule has 1 aromatic heterocycles. The number of alkyl halides is 1. The number of halogens is 1. The Morgan fingerprint density at radius 2 is 2.03 bits per heavy atom. The molecule has 0 bridgehead atoms. The molecule has 1 aliphatic heterocycles. The molecular weight excluding hydrogens is 399 g/mol. The van der Waals surface area contributed by atoms with Gasteiger partial charge in [0.25, 0.3) is 0 Å². The van der Waals surface area contributed by atoms with Crippen molar-refractivity contribution in [1.82, 2.24) is 9.47 Å². The summed E-state index contributed by atoms with van der Waals surface area (Å²) in [5.74, 6) is 1.29. The van der Waals surface area contributed by atoms with E-state index in [1.165, 1.54) is 27.7 Å². The quantitative estimate of drug-likeness (QED) is 0.499. The van der Waals surface area contributed by atoms with Crippen LogP contribution in [-0.2, 0) is 11.3 Å². The molecule has 1 fully saturated rings. The first kappa shape index (κ1) is 20.8. The number of para-hydroxylation sites is 1. The Labute approximate surface area is 189 Å². The number of likely N-dealkylation sites (tertiary alicyclic amines) is 1. The first-order chi connectivity index (χ1) is 15.7.